The second-order valence-electron chi connectivity index (χ2n) is 6.53. The second-order valence-corrected chi connectivity index (χ2v) is 7.52. The molecular weight excluding hydrogens is 392 g/mol. The van der Waals surface area contributed by atoms with Crippen molar-refractivity contribution < 1.29 is 23.9 Å². The van der Waals surface area contributed by atoms with Crippen LogP contribution in [0.5, 0.6) is 11.5 Å². The van der Waals surface area contributed by atoms with Crippen molar-refractivity contribution in [3.05, 3.63) is 58.5 Å². The Morgan fingerprint density at radius 3 is 2.69 bits per heavy atom. The van der Waals surface area contributed by atoms with E-state index in [2.05, 4.69) is 5.32 Å². The number of ether oxygens (including phenoxy) is 2. The molecule has 2 heterocycles. The van der Waals surface area contributed by atoms with Crippen LogP contribution in [-0.2, 0) is 9.59 Å². The molecule has 0 aliphatic carbocycles. The number of hydrogen-bond acceptors (Lipinski definition) is 6. The molecule has 0 unspecified atom stereocenters. The van der Waals surface area contributed by atoms with E-state index >= 15 is 0 Å². The number of imide groups is 1. The molecule has 1 fully saturated rings. The zero-order valence-corrected chi connectivity index (χ0v) is 16.5. The van der Waals surface area contributed by atoms with E-state index in [9.17, 15) is 14.4 Å². The lowest BCUT2D eigenvalue weighted by Crippen LogP contribution is -2.36. The maximum atomic E-state index is 12.6. The number of carbonyl (C=O) groups excluding carboxylic acids is 3. The summed E-state index contributed by atoms with van der Waals surface area (Å²) in [7, 11) is 0. The molecule has 2 aliphatic rings. The highest BCUT2D eigenvalue weighted by Crippen LogP contribution is 2.34. The molecule has 2 aromatic rings. The van der Waals surface area contributed by atoms with Crippen molar-refractivity contribution >= 4 is 40.6 Å². The Kier molecular flexibility index (Phi) is 5.26. The average molecular weight is 410 g/mol. The summed E-state index contributed by atoms with van der Waals surface area (Å²) in [6, 6.07) is 12.6. The molecule has 1 N–H and O–H groups in total. The molecule has 0 radical (unpaired) electrons. The van der Waals surface area contributed by atoms with Gasteiger partial charge in [0.1, 0.15) is 19.8 Å². The van der Waals surface area contributed by atoms with Gasteiger partial charge in [-0.25, -0.2) is 0 Å². The van der Waals surface area contributed by atoms with E-state index in [1.165, 1.54) is 0 Å². The fourth-order valence-electron chi connectivity index (χ4n) is 2.99. The molecule has 29 heavy (non-hydrogen) atoms. The Bertz CT molecular complexity index is 1030. The van der Waals surface area contributed by atoms with Crippen molar-refractivity contribution in [3.8, 4) is 11.5 Å². The van der Waals surface area contributed by atoms with E-state index in [1.54, 1.807) is 24.3 Å². The number of rotatable bonds is 4. The molecule has 2 aliphatic heterocycles. The summed E-state index contributed by atoms with van der Waals surface area (Å²) < 4.78 is 10.9. The summed E-state index contributed by atoms with van der Waals surface area (Å²) in [6.07, 6.45) is 1.68. The van der Waals surface area contributed by atoms with E-state index in [1.807, 2.05) is 31.2 Å². The fourth-order valence-corrected chi connectivity index (χ4v) is 3.82. The van der Waals surface area contributed by atoms with Crippen LogP contribution >= 0.6 is 11.8 Å². The molecule has 8 heteroatoms. The first kappa shape index (κ1) is 19.1. The van der Waals surface area contributed by atoms with Crippen LogP contribution < -0.4 is 14.8 Å². The first-order chi connectivity index (χ1) is 14.0. The van der Waals surface area contributed by atoms with Gasteiger partial charge in [-0.15, -0.1) is 0 Å². The summed E-state index contributed by atoms with van der Waals surface area (Å²) >= 11 is 0.834. The molecule has 0 aromatic heterocycles. The van der Waals surface area contributed by atoms with Gasteiger partial charge in [0.15, 0.2) is 11.5 Å². The molecule has 2 aromatic carbocycles. The summed E-state index contributed by atoms with van der Waals surface area (Å²) in [5.41, 5.74) is 2.36. The highest BCUT2D eigenvalue weighted by molar-refractivity contribution is 8.18. The number of anilines is 1. The predicted molar refractivity (Wildman–Crippen MR) is 110 cm³/mol. The van der Waals surface area contributed by atoms with Crippen LogP contribution in [0.3, 0.4) is 0 Å². The Labute approximate surface area is 171 Å². The van der Waals surface area contributed by atoms with Gasteiger partial charge in [0.2, 0.25) is 5.91 Å². The van der Waals surface area contributed by atoms with E-state index in [4.69, 9.17) is 9.47 Å². The van der Waals surface area contributed by atoms with Crippen LogP contribution in [0.25, 0.3) is 6.08 Å². The monoisotopic (exact) mass is 410 g/mol. The number of nitrogens with one attached hydrogen (secondary N) is 1. The number of hydrogen-bond donors (Lipinski definition) is 1. The highest BCUT2D eigenvalue weighted by Gasteiger charge is 2.36. The van der Waals surface area contributed by atoms with Gasteiger partial charge in [-0.2, -0.15) is 0 Å². The lowest BCUT2D eigenvalue weighted by Gasteiger charge is -2.19. The van der Waals surface area contributed by atoms with Gasteiger partial charge < -0.3 is 14.8 Å². The lowest BCUT2D eigenvalue weighted by atomic mass is 10.1. The van der Waals surface area contributed by atoms with E-state index in [0.29, 0.717) is 35.3 Å². The molecular formula is C21H18N2O5S. The van der Waals surface area contributed by atoms with Gasteiger partial charge in [0.05, 0.1) is 4.91 Å². The Morgan fingerprint density at radius 1 is 1.14 bits per heavy atom. The molecule has 1 saturated heterocycles. The first-order valence-corrected chi connectivity index (χ1v) is 9.83. The zero-order chi connectivity index (χ0) is 20.4. The standard InChI is InChI=1S/C21H18N2O5S/c1-13-4-2-3-5-14(13)10-18-20(25)23(21(26)29-18)12-19(24)22-15-6-7-16-17(11-15)28-9-8-27-16/h2-7,10-11H,8-9,12H2,1H3,(H,22,24)/b18-10+. The van der Waals surface area contributed by atoms with Crippen molar-refractivity contribution in [1.29, 1.82) is 0 Å². The Morgan fingerprint density at radius 2 is 1.90 bits per heavy atom. The second kappa shape index (κ2) is 8.00. The first-order valence-electron chi connectivity index (χ1n) is 9.02. The topological polar surface area (TPSA) is 84.9 Å². The molecule has 4 rings (SSSR count). The molecule has 0 bridgehead atoms. The summed E-state index contributed by atoms with van der Waals surface area (Å²) in [4.78, 5) is 38.5. The highest BCUT2D eigenvalue weighted by atomic mass is 32.2. The third-order valence-corrected chi connectivity index (χ3v) is 5.38. The molecule has 7 nitrogen and oxygen atoms in total. The normalized spacial score (nSPS) is 17.0. The summed E-state index contributed by atoms with van der Waals surface area (Å²) in [6.45, 7) is 2.49. The number of amides is 3. The molecule has 0 saturated carbocycles. The number of nitrogens with zero attached hydrogens (tertiary/aromatic N) is 1. The van der Waals surface area contributed by atoms with Gasteiger partial charge in [-0.3, -0.25) is 19.3 Å². The van der Waals surface area contributed by atoms with Gasteiger partial charge in [0, 0.05) is 11.8 Å². The molecule has 148 valence electrons. The minimum Gasteiger partial charge on any atom is -0.486 e. The smallest absolute Gasteiger partial charge is 0.294 e. The van der Waals surface area contributed by atoms with E-state index < -0.39 is 17.1 Å². The van der Waals surface area contributed by atoms with Gasteiger partial charge in [0.25, 0.3) is 11.1 Å². The summed E-state index contributed by atoms with van der Waals surface area (Å²) in [5, 5.41) is 2.22. The van der Waals surface area contributed by atoms with Gasteiger partial charge in [-0.05, 0) is 48.0 Å². The van der Waals surface area contributed by atoms with Gasteiger partial charge >= 0.3 is 0 Å². The number of thioether (sulfide) groups is 1. The SMILES string of the molecule is Cc1ccccc1/C=C1/SC(=O)N(CC(=O)Nc2ccc3c(c2)OCCO3)C1=O. The number of fused-ring (bicyclic) bond motifs is 1. The van der Waals surface area contributed by atoms with Crippen LogP contribution in [0.15, 0.2) is 47.4 Å². The van der Waals surface area contributed by atoms with Crippen LogP contribution in [0.1, 0.15) is 11.1 Å². The quantitative estimate of drug-likeness (QED) is 0.778. The van der Waals surface area contributed by atoms with Crippen LogP contribution in [0.2, 0.25) is 0 Å². The molecule has 0 atom stereocenters. The third kappa shape index (κ3) is 4.12. The number of aryl methyl sites for hydroxylation is 1. The van der Waals surface area contributed by atoms with E-state index in [-0.39, 0.29) is 6.54 Å². The minimum atomic E-state index is -0.472. The number of benzene rings is 2. The van der Waals surface area contributed by atoms with Crippen LogP contribution in [-0.4, -0.2) is 41.7 Å². The zero-order valence-electron chi connectivity index (χ0n) is 15.6. The minimum absolute atomic E-state index is 0.302. The fraction of sp³-hybridized carbons (Fsp3) is 0.190. The molecule has 0 spiro atoms. The van der Waals surface area contributed by atoms with Crippen molar-refractivity contribution in [1.82, 2.24) is 4.90 Å². The maximum absolute atomic E-state index is 12.6. The van der Waals surface area contributed by atoms with Crippen molar-refractivity contribution in [2.24, 2.45) is 0 Å². The maximum Gasteiger partial charge on any atom is 0.294 e. The third-order valence-electron chi connectivity index (χ3n) is 4.48. The van der Waals surface area contributed by atoms with Crippen molar-refractivity contribution in [2.45, 2.75) is 6.92 Å². The van der Waals surface area contributed by atoms with Crippen LogP contribution in [0, 0.1) is 6.92 Å². The van der Waals surface area contributed by atoms with Gasteiger partial charge in [-0.1, -0.05) is 24.3 Å². The van der Waals surface area contributed by atoms with Crippen LogP contribution in [0.4, 0.5) is 10.5 Å². The Hall–Kier alpha value is -3.26. The predicted octanol–water partition coefficient (Wildman–Crippen LogP) is 3.44. The van der Waals surface area contributed by atoms with E-state index in [0.717, 1.165) is 27.8 Å². The average Bonchev–Trinajstić information content (AvgIpc) is 2.97. The Balaban J connectivity index is 1.44. The largest absolute Gasteiger partial charge is 0.486 e. The lowest BCUT2D eigenvalue weighted by molar-refractivity contribution is -0.127. The van der Waals surface area contributed by atoms with Crippen molar-refractivity contribution in [2.75, 3.05) is 25.1 Å². The summed E-state index contributed by atoms with van der Waals surface area (Å²) in [5.74, 6) is 0.213. The molecule has 3 amide bonds. The van der Waals surface area contributed by atoms with Crippen molar-refractivity contribution in [3.63, 3.8) is 0 Å². The number of carbonyl (C=O) groups is 3.